The zero-order valence-electron chi connectivity index (χ0n) is 10.6. The number of nitrogens with one attached hydrogen (secondary N) is 1. The summed E-state index contributed by atoms with van der Waals surface area (Å²) in [6, 6.07) is 1.83. The fourth-order valence-electron chi connectivity index (χ4n) is 1.31. The summed E-state index contributed by atoms with van der Waals surface area (Å²) in [5, 5.41) is 3.23. The van der Waals surface area contributed by atoms with Crippen LogP contribution < -0.4 is 10.1 Å². The normalized spacial score (nSPS) is 10.2. The van der Waals surface area contributed by atoms with Gasteiger partial charge in [0.2, 0.25) is 5.88 Å². The molecule has 0 aliphatic rings. The Hall–Kier alpha value is -1.36. The fraction of sp³-hybridized carbons (Fsp3) is 0.667. The Morgan fingerprint density at radius 1 is 1.24 bits per heavy atom. The molecular weight excluding hydrogens is 218 g/mol. The molecule has 0 saturated heterocycles. The lowest BCUT2D eigenvalue weighted by Crippen LogP contribution is -2.05. The van der Waals surface area contributed by atoms with Crippen LogP contribution >= 0.6 is 0 Å². The number of aromatic nitrogens is 2. The summed E-state index contributed by atoms with van der Waals surface area (Å²) in [5.41, 5.74) is 0. The van der Waals surface area contributed by atoms with E-state index in [0.717, 1.165) is 38.2 Å². The predicted octanol–water partition coefficient (Wildman–Crippen LogP) is 2.10. The van der Waals surface area contributed by atoms with Crippen molar-refractivity contribution in [3.63, 3.8) is 0 Å². The van der Waals surface area contributed by atoms with E-state index in [4.69, 9.17) is 9.47 Å². The van der Waals surface area contributed by atoms with E-state index < -0.39 is 0 Å². The van der Waals surface area contributed by atoms with Crippen molar-refractivity contribution in [1.29, 1.82) is 0 Å². The average molecular weight is 239 g/mol. The van der Waals surface area contributed by atoms with Gasteiger partial charge >= 0.3 is 0 Å². The van der Waals surface area contributed by atoms with E-state index in [9.17, 15) is 0 Å². The second-order valence-corrected chi connectivity index (χ2v) is 3.72. The minimum Gasteiger partial charge on any atom is -0.478 e. The molecule has 0 atom stereocenters. The highest BCUT2D eigenvalue weighted by Gasteiger charge is 1.98. The first kappa shape index (κ1) is 13.7. The SMILES string of the molecule is CCCOc1cc(NCCCCOC)ncn1. The van der Waals surface area contributed by atoms with Crippen LogP contribution in [0.5, 0.6) is 5.88 Å². The molecule has 0 fully saturated rings. The van der Waals surface area contributed by atoms with E-state index >= 15 is 0 Å². The molecule has 0 radical (unpaired) electrons. The number of hydrogen-bond donors (Lipinski definition) is 1. The number of hydrogen-bond acceptors (Lipinski definition) is 5. The number of rotatable bonds is 9. The molecule has 0 aliphatic heterocycles. The summed E-state index contributed by atoms with van der Waals surface area (Å²) in [5.74, 6) is 1.43. The highest BCUT2D eigenvalue weighted by atomic mass is 16.5. The maximum atomic E-state index is 5.43. The third kappa shape index (κ3) is 6.06. The molecule has 1 aromatic rings. The number of anilines is 1. The molecule has 0 aromatic carbocycles. The van der Waals surface area contributed by atoms with E-state index in [-0.39, 0.29) is 0 Å². The maximum absolute atomic E-state index is 5.43. The van der Waals surface area contributed by atoms with Crippen LogP contribution in [0.4, 0.5) is 5.82 Å². The van der Waals surface area contributed by atoms with E-state index in [1.165, 1.54) is 6.33 Å². The summed E-state index contributed by atoms with van der Waals surface area (Å²) in [7, 11) is 1.72. The van der Waals surface area contributed by atoms with Gasteiger partial charge in [-0.2, -0.15) is 0 Å². The van der Waals surface area contributed by atoms with Crippen molar-refractivity contribution < 1.29 is 9.47 Å². The Morgan fingerprint density at radius 2 is 2.12 bits per heavy atom. The largest absolute Gasteiger partial charge is 0.478 e. The molecule has 0 aliphatic carbocycles. The number of unbranched alkanes of at least 4 members (excludes halogenated alkanes) is 1. The van der Waals surface area contributed by atoms with Crippen molar-refractivity contribution in [1.82, 2.24) is 9.97 Å². The van der Waals surface area contributed by atoms with Crippen LogP contribution in [0.1, 0.15) is 26.2 Å². The molecule has 1 heterocycles. The Morgan fingerprint density at radius 3 is 2.88 bits per heavy atom. The third-order valence-electron chi connectivity index (χ3n) is 2.18. The van der Waals surface area contributed by atoms with E-state index in [0.29, 0.717) is 12.5 Å². The number of methoxy groups -OCH3 is 1. The minimum absolute atomic E-state index is 0.626. The monoisotopic (exact) mass is 239 g/mol. The molecule has 0 amide bonds. The number of nitrogens with zero attached hydrogens (tertiary/aromatic N) is 2. The average Bonchev–Trinajstić information content (AvgIpc) is 2.37. The second kappa shape index (κ2) is 8.75. The zero-order valence-corrected chi connectivity index (χ0v) is 10.6. The lowest BCUT2D eigenvalue weighted by Gasteiger charge is -2.07. The summed E-state index contributed by atoms with van der Waals surface area (Å²) >= 11 is 0. The van der Waals surface area contributed by atoms with E-state index in [1.807, 2.05) is 6.07 Å². The lowest BCUT2D eigenvalue weighted by molar-refractivity contribution is 0.194. The Balaban J connectivity index is 2.27. The van der Waals surface area contributed by atoms with Gasteiger partial charge in [-0.25, -0.2) is 9.97 Å². The molecule has 5 nitrogen and oxygen atoms in total. The lowest BCUT2D eigenvalue weighted by atomic mass is 10.3. The van der Waals surface area contributed by atoms with Gasteiger partial charge < -0.3 is 14.8 Å². The van der Waals surface area contributed by atoms with Crippen molar-refractivity contribution in [2.24, 2.45) is 0 Å². The molecule has 0 bridgehead atoms. The first-order valence-electron chi connectivity index (χ1n) is 6.04. The van der Waals surface area contributed by atoms with Crippen LogP contribution in [0.3, 0.4) is 0 Å². The topological polar surface area (TPSA) is 56.3 Å². The van der Waals surface area contributed by atoms with Crippen molar-refractivity contribution in [2.75, 3.05) is 32.2 Å². The molecule has 1 N–H and O–H groups in total. The molecular formula is C12H21N3O2. The van der Waals surface area contributed by atoms with Crippen molar-refractivity contribution >= 4 is 5.82 Å². The van der Waals surface area contributed by atoms with E-state index in [2.05, 4.69) is 22.2 Å². The van der Waals surface area contributed by atoms with Crippen LogP contribution in [-0.4, -0.2) is 36.8 Å². The van der Waals surface area contributed by atoms with Gasteiger partial charge in [-0.1, -0.05) is 6.92 Å². The van der Waals surface area contributed by atoms with Crippen LogP contribution in [0, 0.1) is 0 Å². The van der Waals surface area contributed by atoms with Gasteiger partial charge in [0.05, 0.1) is 6.61 Å². The predicted molar refractivity (Wildman–Crippen MR) is 67.4 cm³/mol. The van der Waals surface area contributed by atoms with Gasteiger partial charge in [0.15, 0.2) is 0 Å². The molecule has 5 heteroatoms. The van der Waals surface area contributed by atoms with Gasteiger partial charge in [0.1, 0.15) is 12.1 Å². The third-order valence-corrected chi connectivity index (χ3v) is 2.18. The van der Waals surface area contributed by atoms with Crippen LogP contribution in [0.15, 0.2) is 12.4 Å². The van der Waals surface area contributed by atoms with Gasteiger partial charge in [-0.05, 0) is 19.3 Å². The molecule has 0 unspecified atom stereocenters. The summed E-state index contributed by atoms with van der Waals surface area (Å²) < 4.78 is 10.4. The molecule has 0 spiro atoms. The molecule has 0 saturated carbocycles. The first-order valence-corrected chi connectivity index (χ1v) is 6.04. The summed E-state index contributed by atoms with van der Waals surface area (Å²) in [6.45, 7) is 4.43. The highest BCUT2D eigenvalue weighted by Crippen LogP contribution is 2.11. The highest BCUT2D eigenvalue weighted by molar-refractivity contribution is 5.36. The maximum Gasteiger partial charge on any atom is 0.218 e. The summed E-state index contributed by atoms with van der Waals surface area (Å²) in [4.78, 5) is 8.17. The first-order chi connectivity index (χ1) is 8.36. The van der Waals surface area contributed by atoms with Gasteiger partial charge in [0.25, 0.3) is 0 Å². The quantitative estimate of drug-likeness (QED) is 0.669. The molecule has 96 valence electrons. The molecule has 1 aromatic heterocycles. The van der Waals surface area contributed by atoms with E-state index in [1.54, 1.807) is 7.11 Å². The molecule has 17 heavy (non-hydrogen) atoms. The van der Waals surface area contributed by atoms with Crippen molar-refractivity contribution in [3.05, 3.63) is 12.4 Å². The summed E-state index contributed by atoms with van der Waals surface area (Å²) in [6.07, 6.45) is 4.60. The Bertz CT molecular complexity index is 308. The second-order valence-electron chi connectivity index (χ2n) is 3.72. The van der Waals surface area contributed by atoms with Gasteiger partial charge in [0, 0.05) is 26.3 Å². The number of ether oxygens (including phenoxy) is 2. The van der Waals surface area contributed by atoms with Crippen LogP contribution in [0.25, 0.3) is 0 Å². The standard InChI is InChI=1S/C12H21N3O2/c1-3-7-17-12-9-11(14-10-15-12)13-6-4-5-8-16-2/h9-10H,3-8H2,1-2H3,(H,13,14,15). The Labute approximate surface area is 103 Å². The molecule has 1 rings (SSSR count). The fourth-order valence-corrected chi connectivity index (χ4v) is 1.31. The van der Waals surface area contributed by atoms with Crippen molar-refractivity contribution in [3.8, 4) is 5.88 Å². The van der Waals surface area contributed by atoms with Crippen LogP contribution in [0.2, 0.25) is 0 Å². The smallest absolute Gasteiger partial charge is 0.218 e. The van der Waals surface area contributed by atoms with Crippen molar-refractivity contribution in [2.45, 2.75) is 26.2 Å². The van der Waals surface area contributed by atoms with Gasteiger partial charge in [-0.3, -0.25) is 0 Å². The minimum atomic E-state index is 0.626. The zero-order chi connectivity index (χ0) is 12.3. The van der Waals surface area contributed by atoms with Gasteiger partial charge in [-0.15, -0.1) is 0 Å². The van der Waals surface area contributed by atoms with Crippen LogP contribution in [-0.2, 0) is 4.74 Å². The Kier molecular flexibility index (Phi) is 7.06.